The second kappa shape index (κ2) is 9.40. The van der Waals surface area contributed by atoms with Gasteiger partial charge in [-0.05, 0) is 19.4 Å². The van der Waals surface area contributed by atoms with E-state index in [4.69, 9.17) is 4.74 Å². The van der Waals surface area contributed by atoms with Crippen molar-refractivity contribution in [3.8, 4) is 0 Å². The number of carbonyl (C=O) groups is 2. The number of carbonyl (C=O) groups excluding carboxylic acids is 2. The van der Waals surface area contributed by atoms with Crippen LogP contribution < -0.4 is 5.32 Å². The summed E-state index contributed by atoms with van der Waals surface area (Å²) in [5, 5.41) is 24.5. The minimum absolute atomic E-state index is 0.120. The molecular formula is C19H19N3O7. The first kappa shape index (κ1) is 21.5. The zero-order valence-electron chi connectivity index (χ0n) is 15.7. The molecule has 0 saturated carbocycles. The van der Waals surface area contributed by atoms with Crippen LogP contribution in [0.2, 0.25) is 0 Å². The first-order valence-electron chi connectivity index (χ1n) is 8.66. The molecule has 0 fully saturated rings. The number of hydrogen-bond donors (Lipinski definition) is 1. The number of benzene rings is 2. The van der Waals surface area contributed by atoms with Gasteiger partial charge in [-0.2, -0.15) is 0 Å². The van der Waals surface area contributed by atoms with Gasteiger partial charge in [0.15, 0.2) is 0 Å². The monoisotopic (exact) mass is 401 g/mol. The highest BCUT2D eigenvalue weighted by Crippen LogP contribution is 2.23. The van der Waals surface area contributed by atoms with Crippen molar-refractivity contribution in [1.29, 1.82) is 0 Å². The molecule has 2 aromatic rings. The van der Waals surface area contributed by atoms with Gasteiger partial charge in [-0.15, -0.1) is 0 Å². The molecule has 29 heavy (non-hydrogen) atoms. The second-order valence-corrected chi connectivity index (χ2v) is 6.45. The fourth-order valence-corrected chi connectivity index (χ4v) is 2.54. The predicted molar refractivity (Wildman–Crippen MR) is 102 cm³/mol. The van der Waals surface area contributed by atoms with Crippen LogP contribution in [0.5, 0.6) is 0 Å². The average molecular weight is 401 g/mol. The van der Waals surface area contributed by atoms with Crippen LogP contribution in [0.1, 0.15) is 29.8 Å². The minimum Gasteiger partial charge on any atom is -0.461 e. The standard InChI is InChI=1S/C19H19N3O7/c1-12(2)29-19(24)17(8-13-6-4-3-5-7-13)20-18(23)14-9-15(21(25)26)11-16(10-14)22(27)28/h3-7,9-12,17H,8H2,1-2H3,(H,20,23)/t17-/m1/s1. The fraction of sp³-hybridized carbons (Fsp3) is 0.263. The van der Waals surface area contributed by atoms with Crippen molar-refractivity contribution in [3.05, 3.63) is 79.9 Å². The molecule has 10 heteroatoms. The fourth-order valence-electron chi connectivity index (χ4n) is 2.54. The summed E-state index contributed by atoms with van der Waals surface area (Å²) >= 11 is 0. The summed E-state index contributed by atoms with van der Waals surface area (Å²) in [5.41, 5.74) is -0.757. The van der Waals surface area contributed by atoms with Gasteiger partial charge in [-0.25, -0.2) is 4.79 Å². The van der Waals surface area contributed by atoms with E-state index in [1.165, 1.54) is 0 Å². The minimum atomic E-state index is -1.08. The van der Waals surface area contributed by atoms with Gasteiger partial charge >= 0.3 is 5.97 Å². The molecule has 0 aliphatic rings. The van der Waals surface area contributed by atoms with Crippen LogP contribution in [0, 0.1) is 20.2 Å². The lowest BCUT2D eigenvalue weighted by atomic mass is 10.0. The van der Waals surface area contributed by atoms with Crippen molar-refractivity contribution < 1.29 is 24.2 Å². The van der Waals surface area contributed by atoms with E-state index in [0.717, 1.165) is 23.8 Å². The van der Waals surface area contributed by atoms with Gasteiger partial charge in [0.25, 0.3) is 17.3 Å². The van der Waals surface area contributed by atoms with Crippen LogP contribution in [0.25, 0.3) is 0 Å². The zero-order chi connectivity index (χ0) is 21.6. The van der Waals surface area contributed by atoms with Crippen molar-refractivity contribution in [2.24, 2.45) is 0 Å². The highest BCUT2D eigenvalue weighted by molar-refractivity contribution is 5.98. The van der Waals surface area contributed by atoms with Crippen LogP contribution in [0.4, 0.5) is 11.4 Å². The maximum absolute atomic E-state index is 12.6. The number of nitrogens with one attached hydrogen (secondary N) is 1. The van der Waals surface area contributed by atoms with Crippen LogP contribution in [-0.2, 0) is 16.0 Å². The normalized spacial score (nSPS) is 11.6. The van der Waals surface area contributed by atoms with E-state index in [9.17, 15) is 29.8 Å². The molecule has 0 aromatic heterocycles. The van der Waals surface area contributed by atoms with Gasteiger partial charge in [0.05, 0.1) is 27.6 Å². The van der Waals surface area contributed by atoms with Crippen molar-refractivity contribution in [2.75, 3.05) is 0 Å². The third kappa shape index (κ3) is 6.09. The molecule has 0 heterocycles. The molecule has 0 saturated heterocycles. The predicted octanol–water partition coefficient (Wildman–Crippen LogP) is 2.80. The summed E-state index contributed by atoms with van der Waals surface area (Å²) in [6, 6.07) is 10.4. The Hall–Kier alpha value is -3.82. The van der Waals surface area contributed by atoms with E-state index in [1.807, 2.05) is 0 Å². The van der Waals surface area contributed by atoms with Crippen LogP contribution in [-0.4, -0.2) is 33.9 Å². The zero-order valence-corrected chi connectivity index (χ0v) is 15.7. The molecule has 1 amide bonds. The van der Waals surface area contributed by atoms with E-state index >= 15 is 0 Å². The van der Waals surface area contributed by atoms with Gasteiger partial charge in [-0.1, -0.05) is 30.3 Å². The van der Waals surface area contributed by atoms with Gasteiger partial charge in [0.2, 0.25) is 0 Å². The molecule has 0 bridgehead atoms. The van der Waals surface area contributed by atoms with E-state index in [-0.39, 0.29) is 12.0 Å². The summed E-state index contributed by atoms with van der Waals surface area (Å²) in [7, 11) is 0. The summed E-state index contributed by atoms with van der Waals surface area (Å²) in [6.07, 6.45) is -0.300. The van der Waals surface area contributed by atoms with E-state index in [0.29, 0.717) is 0 Å². The molecular weight excluding hydrogens is 382 g/mol. The molecule has 0 spiro atoms. The number of esters is 1. The first-order chi connectivity index (χ1) is 13.7. The Morgan fingerprint density at radius 2 is 1.55 bits per heavy atom. The average Bonchev–Trinajstić information content (AvgIpc) is 2.67. The lowest BCUT2D eigenvalue weighted by Crippen LogP contribution is -2.44. The summed E-state index contributed by atoms with van der Waals surface area (Å²) < 4.78 is 5.18. The Balaban J connectivity index is 2.32. The van der Waals surface area contributed by atoms with Gasteiger partial charge in [0, 0.05) is 18.6 Å². The molecule has 2 aromatic carbocycles. The number of rotatable bonds is 8. The van der Waals surface area contributed by atoms with Gasteiger partial charge in [0.1, 0.15) is 6.04 Å². The topological polar surface area (TPSA) is 142 Å². The van der Waals surface area contributed by atoms with Gasteiger partial charge in [-0.3, -0.25) is 25.0 Å². The highest BCUT2D eigenvalue weighted by Gasteiger charge is 2.26. The molecule has 0 unspecified atom stereocenters. The van der Waals surface area contributed by atoms with Crippen molar-refractivity contribution in [2.45, 2.75) is 32.4 Å². The van der Waals surface area contributed by atoms with E-state index < -0.39 is 45.2 Å². The molecule has 0 radical (unpaired) electrons. The van der Waals surface area contributed by atoms with E-state index in [2.05, 4.69) is 5.32 Å². The Kier molecular flexibility index (Phi) is 6.96. The summed E-state index contributed by atoms with van der Waals surface area (Å²) in [4.78, 5) is 45.4. The first-order valence-corrected chi connectivity index (χ1v) is 8.66. The SMILES string of the molecule is CC(C)OC(=O)[C@@H](Cc1ccccc1)NC(=O)c1cc([N+](=O)[O-])cc([N+](=O)[O-])c1. The number of nitrogens with zero attached hydrogens (tertiary/aromatic N) is 2. The number of non-ortho nitro benzene ring substituents is 2. The van der Waals surface area contributed by atoms with Crippen molar-refractivity contribution in [3.63, 3.8) is 0 Å². The Morgan fingerprint density at radius 3 is 2.03 bits per heavy atom. The largest absolute Gasteiger partial charge is 0.461 e. The Morgan fingerprint density at radius 1 is 1.00 bits per heavy atom. The van der Waals surface area contributed by atoms with Crippen molar-refractivity contribution >= 4 is 23.3 Å². The van der Waals surface area contributed by atoms with Crippen LogP contribution in [0.15, 0.2) is 48.5 Å². The molecule has 0 aliphatic heterocycles. The maximum Gasteiger partial charge on any atom is 0.329 e. The van der Waals surface area contributed by atoms with Crippen LogP contribution >= 0.6 is 0 Å². The molecule has 1 atom stereocenters. The van der Waals surface area contributed by atoms with E-state index in [1.54, 1.807) is 44.2 Å². The summed E-state index contributed by atoms with van der Waals surface area (Å²) in [5.74, 6) is -1.55. The van der Waals surface area contributed by atoms with Crippen molar-refractivity contribution in [1.82, 2.24) is 5.32 Å². The van der Waals surface area contributed by atoms with Gasteiger partial charge < -0.3 is 10.1 Å². The lowest BCUT2D eigenvalue weighted by molar-refractivity contribution is -0.394. The summed E-state index contributed by atoms with van der Waals surface area (Å²) in [6.45, 7) is 3.31. The molecule has 1 N–H and O–H groups in total. The Bertz CT molecular complexity index is 896. The number of ether oxygens (including phenoxy) is 1. The Labute approximate surface area is 165 Å². The molecule has 10 nitrogen and oxygen atoms in total. The molecule has 0 aliphatic carbocycles. The third-order valence-electron chi connectivity index (χ3n) is 3.81. The lowest BCUT2D eigenvalue weighted by Gasteiger charge is -2.19. The third-order valence-corrected chi connectivity index (χ3v) is 3.81. The van der Waals surface area contributed by atoms with Crippen LogP contribution in [0.3, 0.4) is 0 Å². The molecule has 2 rings (SSSR count). The number of nitro groups is 2. The smallest absolute Gasteiger partial charge is 0.329 e. The highest BCUT2D eigenvalue weighted by atomic mass is 16.6. The molecule has 152 valence electrons. The second-order valence-electron chi connectivity index (χ2n) is 6.45. The number of hydrogen-bond acceptors (Lipinski definition) is 7. The maximum atomic E-state index is 12.6. The number of amides is 1. The quantitative estimate of drug-likeness (QED) is 0.407. The number of nitro benzene ring substituents is 2.